The van der Waals surface area contributed by atoms with Gasteiger partial charge in [-0.05, 0) is 77.4 Å². The normalized spacial score (nSPS) is 14.8. The van der Waals surface area contributed by atoms with Crippen LogP contribution in [0.15, 0.2) is 84.9 Å². The number of nitrogen functional groups attached to an aromatic ring is 1. The number of alkyl halides is 6. The number of morpholine rings is 2. The quantitative estimate of drug-likeness (QED) is 0.0822. The average Bonchev–Trinajstić information content (AvgIpc) is 3.18. The molecule has 2 fully saturated rings. The maximum absolute atomic E-state index is 13.3. The molecule has 300 valence electrons. The first-order valence-corrected chi connectivity index (χ1v) is 17.7. The molecule has 0 amide bonds. The monoisotopic (exact) mass is 793 g/mol. The van der Waals surface area contributed by atoms with Crippen LogP contribution < -0.4 is 5.73 Å². The number of nitrogens with two attached hydrogens (primary N) is 1. The Labute approximate surface area is 327 Å². The lowest BCUT2D eigenvalue weighted by Crippen LogP contribution is -2.35. The van der Waals surface area contributed by atoms with Crippen molar-refractivity contribution in [2.45, 2.75) is 31.9 Å². The van der Waals surface area contributed by atoms with E-state index in [1.54, 1.807) is 48.5 Å². The third-order valence-corrected chi connectivity index (χ3v) is 8.73. The second-order valence-corrected chi connectivity index (χ2v) is 13.1. The van der Waals surface area contributed by atoms with E-state index in [9.17, 15) is 35.9 Å². The summed E-state index contributed by atoms with van der Waals surface area (Å²) in [7, 11) is 0. The van der Waals surface area contributed by atoms with E-state index in [0.29, 0.717) is 86.0 Å². The van der Waals surface area contributed by atoms with Gasteiger partial charge in [-0.1, -0.05) is 36.1 Å². The molecular weight excluding hydrogens is 752 g/mol. The van der Waals surface area contributed by atoms with Crippen molar-refractivity contribution < 1.29 is 50.5 Å². The molecule has 0 atom stereocenters. The molecule has 2 aliphatic rings. The Bertz CT molecular complexity index is 2080. The van der Waals surface area contributed by atoms with Crippen LogP contribution in [-0.4, -0.2) is 79.3 Å². The number of hydrogen-bond acceptors (Lipinski definition) is 7. The summed E-state index contributed by atoms with van der Waals surface area (Å²) in [5.41, 5.74) is 7.47. The van der Waals surface area contributed by atoms with E-state index in [1.807, 2.05) is 4.90 Å². The van der Waals surface area contributed by atoms with Crippen LogP contribution in [0.25, 0.3) is 0 Å². The number of carboxylic acids is 1. The minimum absolute atomic E-state index is 0.117. The van der Waals surface area contributed by atoms with Gasteiger partial charge in [-0.2, -0.15) is 26.3 Å². The number of ether oxygens (including phenoxy) is 2. The summed E-state index contributed by atoms with van der Waals surface area (Å²) in [6.45, 7) is 6.03. The molecule has 0 radical (unpaired) electrons. The highest BCUT2D eigenvalue weighted by atomic mass is 19.4. The Hall–Kier alpha value is -5.64. The average molecular weight is 794 g/mol. The molecule has 3 N–H and O–H groups in total. The first-order valence-electron chi connectivity index (χ1n) is 17.7. The van der Waals surface area contributed by atoms with Crippen molar-refractivity contribution in [3.63, 3.8) is 0 Å². The maximum atomic E-state index is 13.3. The molecule has 14 heteroatoms. The highest BCUT2D eigenvalue weighted by Crippen LogP contribution is 2.33. The molecular formula is C43H41F6N3O5. The van der Waals surface area contributed by atoms with E-state index in [2.05, 4.69) is 16.7 Å². The molecule has 2 saturated heterocycles. The van der Waals surface area contributed by atoms with Gasteiger partial charge < -0.3 is 20.3 Å². The van der Waals surface area contributed by atoms with Crippen LogP contribution >= 0.6 is 0 Å². The molecule has 2 heterocycles. The molecule has 57 heavy (non-hydrogen) atoms. The van der Waals surface area contributed by atoms with E-state index in [-0.39, 0.29) is 23.5 Å². The molecule has 2 aliphatic heterocycles. The van der Waals surface area contributed by atoms with Crippen molar-refractivity contribution in [1.29, 1.82) is 0 Å². The van der Waals surface area contributed by atoms with Crippen molar-refractivity contribution in [3.8, 4) is 24.7 Å². The molecule has 0 aromatic heterocycles. The number of carboxylic acid groups (broad SMARTS) is 1. The number of ketones is 1. The number of hydrogen-bond donors (Lipinski definition) is 2. The van der Waals surface area contributed by atoms with Crippen LogP contribution in [0.2, 0.25) is 0 Å². The molecule has 0 aliphatic carbocycles. The Morgan fingerprint density at radius 2 is 1.09 bits per heavy atom. The standard InChI is InChI=1S/C22H20F3NO2.C12H15F3N2O.C9H6O2/c1-2-16-4-3-5-19(11-16)21(27)14-17-10-18(13-20(12-17)22(23,24)25)15-26-6-8-28-9-7-26;13-12(14,15)10-5-9(6-11(16)7-10)8-17-1-3-18-4-2-17;1-2-7-4-3-5-8(6-7)9(10)11/h1,3-5,10-13H,6-9,14-15H2;5-7H,1-4,8,16H2;1,3-6H,(H,10,11). The Morgan fingerprint density at radius 1 is 0.649 bits per heavy atom. The van der Waals surface area contributed by atoms with E-state index >= 15 is 0 Å². The number of carbonyl (C=O) groups excluding carboxylic acids is 1. The van der Waals surface area contributed by atoms with Crippen LogP contribution in [-0.2, 0) is 41.3 Å². The van der Waals surface area contributed by atoms with Gasteiger partial charge in [0.05, 0.1) is 43.1 Å². The fraction of sp³-hybridized carbons (Fsp3) is 0.302. The minimum Gasteiger partial charge on any atom is -0.478 e. The third-order valence-electron chi connectivity index (χ3n) is 8.73. The van der Waals surface area contributed by atoms with E-state index < -0.39 is 29.4 Å². The third kappa shape index (κ3) is 14.4. The smallest absolute Gasteiger partial charge is 0.416 e. The van der Waals surface area contributed by atoms with Gasteiger partial charge in [-0.15, -0.1) is 12.8 Å². The van der Waals surface area contributed by atoms with Gasteiger partial charge >= 0.3 is 18.3 Å². The molecule has 0 saturated carbocycles. The number of aromatic carboxylic acids is 1. The van der Waals surface area contributed by atoms with Gasteiger partial charge in [-0.3, -0.25) is 14.6 Å². The van der Waals surface area contributed by atoms with Gasteiger partial charge in [0, 0.05) is 68.1 Å². The van der Waals surface area contributed by atoms with Crippen molar-refractivity contribution >= 4 is 17.4 Å². The van der Waals surface area contributed by atoms with Crippen LogP contribution in [0, 0.1) is 24.7 Å². The first-order chi connectivity index (χ1) is 27.0. The van der Waals surface area contributed by atoms with E-state index in [1.165, 1.54) is 12.1 Å². The summed E-state index contributed by atoms with van der Waals surface area (Å²) >= 11 is 0. The summed E-state index contributed by atoms with van der Waals surface area (Å²) in [6, 6.07) is 20.4. The van der Waals surface area contributed by atoms with Crippen LogP contribution in [0.5, 0.6) is 0 Å². The van der Waals surface area contributed by atoms with Crippen LogP contribution in [0.4, 0.5) is 32.0 Å². The van der Waals surface area contributed by atoms with Gasteiger partial charge in [0.1, 0.15) is 0 Å². The summed E-state index contributed by atoms with van der Waals surface area (Å²) in [5, 5.41) is 8.54. The zero-order chi connectivity index (χ0) is 41.6. The minimum atomic E-state index is -4.47. The second kappa shape index (κ2) is 20.5. The number of benzene rings is 4. The first kappa shape index (κ1) is 44.1. The highest BCUT2D eigenvalue weighted by molar-refractivity contribution is 5.97. The zero-order valence-corrected chi connectivity index (χ0v) is 30.8. The lowest BCUT2D eigenvalue weighted by Gasteiger charge is -2.27. The number of Topliss-reactive ketones (excluding diaryl/α,β-unsaturated/α-hetero) is 1. The summed E-state index contributed by atoms with van der Waals surface area (Å²) in [5.74, 6) is 3.59. The zero-order valence-electron chi connectivity index (χ0n) is 30.8. The molecule has 4 aromatic carbocycles. The number of halogens is 6. The van der Waals surface area contributed by atoms with Gasteiger partial charge in [0.2, 0.25) is 0 Å². The number of terminal acetylenes is 2. The van der Waals surface area contributed by atoms with Crippen LogP contribution in [0.1, 0.15) is 59.7 Å². The Morgan fingerprint density at radius 3 is 1.56 bits per heavy atom. The summed E-state index contributed by atoms with van der Waals surface area (Å²) < 4.78 is 88.4. The van der Waals surface area contributed by atoms with E-state index in [0.717, 1.165) is 37.4 Å². The maximum Gasteiger partial charge on any atom is 0.416 e. The number of rotatable bonds is 8. The Kier molecular flexibility index (Phi) is 15.9. The lowest BCUT2D eigenvalue weighted by atomic mass is 9.97. The van der Waals surface area contributed by atoms with Crippen molar-refractivity contribution in [1.82, 2.24) is 9.80 Å². The fourth-order valence-electron chi connectivity index (χ4n) is 5.94. The molecule has 6 rings (SSSR count). The molecule has 0 spiro atoms. The predicted octanol–water partition coefficient (Wildman–Crippen LogP) is 7.43. The SMILES string of the molecule is C#Cc1cccc(C(=O)Cc2cc(CN3CCOCC3)cc(C(F)(F)F)c2)c1.C#Cc1cccc(C(=O)O)c1.Nc1cc(CN2CCOCC2)cc(C(F)(F)F)c1. The fourth-order valence-corrected chi connectivity index (χ4v) is 5.94. The van der Waals surface area contributed by atoms with Gasteiger partial charge in [-0.25, -0.2) is 4.79 Å². The van der Waals surface area contributed by atoms with E-state index in [4.69, 9.17) is 33.2 Å². The van der Waals surface area contributed by atoms with Crippen molar-refractivity contribution in [2.24, 2.45) is 0 Å². The van der Waals surface area contributed by atoms with Gasteiger partial charge in [0.25, 0.3) is 0 Å². The topological polar surface area (TPSA) is 105 Å². The molecule has 0 bridgehead atoms. The number of carbonyl (C=O) groups is 2. The van der Waals surface area contributed by atoms with Crippen molar-refractivity contribution in [2.75, 3.05) is 58.3 Å². The van der Waals surface area contributed by atoms with Crippen molar-refractivity contribution in [3.05, 3.63) is 135 Å². The summed E-state index contributed by atoms with van der Waals surface area (Å²) in [4.78, 5) is 27.1. The second-order valence-electron chi connectivity index (χ2n) is 13.1. The number of nitrogens with zero attached hydrogens (tertiary/aromatic N) is 2. The number of anilines is 1. The molecule has 4 aromatic rings. The molecule has 0 unspecified atom stereocenters. The summed E-state index contributed by atoms with van der Waals surface area (Å²) in [6.07, 6.45) is 1.48. The Balaban J connectivity index is 0.000000211. The largest absolute Gasteiger partial charge is 0.478 e. The predicted molar refractivity (Wildman–Crippen MR) is 203 cm³/mol. The van der Waals surface area contributed by atoms with Gasteiger partial charge in [0.15, 0.2) is 5.78 Å². The highest BCUT2D eigenvalue weighted by Gasteiger charge is 2.32. The lowest BCUT2D eigenvalue weighted by molar-refractivity contribution is -0.138. The van der Waals surface area contributed by atoms with Crippen LogP contribution in [0.3, 0.4) is 0 Å². The molecule has 8 nitrogen and oxygen atoms in total.